The van der Waals surface area contributed by atoms with Crippen molar-refractivity contribution < 1.29 is 9.59 Å². The minimum absolute atomic E-state index is 0.00460. The number of nitrogens with zero attached hydrogens (tertiary/aromatic N) is 2. The first-order chi connectivity index (χ1) is 11.1. The third-order valence-electron chi connectivity index (χ3n) is 4.79. The summed E-state index contributed by atoms with van der Waals surface area (Å²) < 4.78 is 0. The Morgan fingerprint density at radius 2 is 2.00 bits per heavy atom. The lowest BCUT2D eigenvalue weighted by Gasteiger charge is -2.32. The summed E-state index contributed by atoms with van der Waals surface area (Å²) in [5.74, 6) is 0.0403. The van der Waals surface area contributed by atoms with Gasteiger partial charge in [-0.05, 0) is 38.1 Å². The molecule has 0 spiro atoms. The number of rotatable bonds is 2. The van der Waals surface area contributed by atoms with Crippen molar-refractivity contribution in [3.8, 4) is 0 Å². The Kier molecular flexibility index (Phi) is 4.52. The zero-order valence-electron chi connectivity index (χ0n) is 13.8. The molecule has 1 aromatic carbocycles. The summed E-state index contributed by atoms with van der Waals surface area (Å²) in [5.41, 5.74) is 2.33. The van der Waals surface area contributed by atoms with Gasteiger partial charge >= 0.3 is 0 Å². The van der Waals surface area contributed by atoms with E-state index in [0.717, 1.165) is 37.3 Å². The van der Waals surface area contributed by atoms with E-state index in [-0.39, 0.29) is 11.8 Å². The molecule has 6 heteroatoms. The standard InChI is InChI=1S/C17H24N4O2/c1-18-13-5-9-21(10-6-13)17(23)12-3-4-15-14(11-12)19-16(22)7-8-20(15)2/h3-4,11,13,18H,5-10H2,1-2H3,(H,19,22). The van der Waals surface area contributed by atoms with Crippen LogP contribution in [0.3, 0.4) is 0 Å². The van der Waals surface area contributed by atoms with Crippen molar-refractivity contribution in [1.82, 2.24) is 10.2 Å². The second-order valence-electron chi connectivity index (χ2n) is 6.31. The summed E-state index contributed by atoms with van der Waals surface area (Å²) in [6, 6.07) is 6.09. The Bertz CT molecular complexity index is 609. The maximum atomic E-state index is 12.7. The van der Waals surface area contributed by atoms with E-state index in [1.54, 1.807) is 0 Å². The van der Waals surface area contributed by atoms with Gasteiger partial charge in [-0.2, -0.15) is 0 Å². The second-order valence-corrected chi connectivity index (χ2v) is 6.31. The lowest BCUT2D eigenvalue weighted by molar-refractivity contribution is -0.115. The molecule has 1 aromatic rings. The number of nitrogens with one attached hydrogen (secondary N) is 2. The number of piperidine rings is 1. The lowest BCUT2D eigenvalue weighted by atomic mass is 10.0. The van der Waals surface area contributed by atoms with Gasteiger partial charge in [0.15, 0.2) is 0 Å². The van der Waals surface area contributed by atoms with Crippen LogP contribution < -0.4 is 15.5 Å². The van der Waals surface area contributed by atoms with Crippen molar-refractivity contribution in [3.63, 3.8) is 0 Å². The van der Waals surface area contributed by atoms with Crippen molar-refractivity contribution in [3.05, 3.63) is 23.8 Å². The highest BCUT2D eigenvalue weighted by molar-refractivity contribution is 6.00. The smallest absolute Gasteiger partial charge is 0.253 e. The average molecular weight is 316 g/mol. The fourth-order valence-electron chi connectivity index (χ4n) is 3.26. The van der Waals surface area contributed by atoms with Gasteiger partial charge < -0.3 is 20.4 Å². The van der Waals surface area contributed by atoms with E-state index in [1.165, 1.54) is 0 Å². The second kappa shape index (κ2) is 6.58. The molecule has 2 N–H and O–H groups in total. The molecule has 23 heavy (non-hydrogen) atoms. The van der Waals surface area contributed by atoms with E-state index < -0.39 is 0 Å². The van der Waals surface area contributed by atoms with E-state index in [4.69, 9.17) is 0 Å². The van der Waals surface area contributed by atoms with Gasteiger partial charge in [0.05, 0.1) is 11.4 Å². The van der Waals surface area contributed by atoms with Crippen LogP contribution in [-0.2, 0) is 4.79 Å². The molecule has 0 aromatic heterocycles. The van der Waals surface area contributed by atoms with Gasteiger partial charge in [0.25, 0.3) is 5.91 Å². The molecule has 0 unspecified atom stereocenters. The molecule has 3 rings (SSSR count). The molecule has 2 aliphatic heterocycles. The minimum atomic E-state index is -0.00460. The van der Waals surface area contributed by atoms with Crippen molar-refractivity contribution in [2.45, 2.75) is 25.3 Å². The van der Waals surface area contributed by atoms with Crippen molar-refractivity contribution in [2.24, 2.45) is 0 Å². The van der Waals surface area contributed by atoms with E-state index in [2.05, 4.69) is 10.6 Å². The van der Waals surface area contributed by atoms with Gasteiger partial charge in [0, 0.05) is 44.7 Å². The normalized spacial score (nSPS) is 19.1. The molecular weight excluding hydrogens is 292 g/mol. The number of benzene rings is 1. The summed E-state index contributed by atoms with van der Waals surface area (Å²) in [6.07, 6.45) is 2.42. The molecule has 0 radical (unpaired) electrons. The molecule has 6 nitrogen and oxygen atoms in total. The Balaban J connectivity index is 1.78. The largest absolute Gasteiger partial charge is 0.372 e. The van der Waals surface area contributed by atoms with Crippen molar-refractivity contribution in [2.75, 3.05) is 43.9 Å². The van der Waals surface area contributed by atoms with Crippen LogP contribution in [0.5, 0.6) is 0 Å². The number of hydrogen-bond acceptors (Lipinski definition) is 4. The molecule has 0 bridgehead atoms. The molecule has 2 amide bonds. The van der Waals surface area contributed by atoms with Gasteiger partial charge in [-0.3, -0.25) is 9.59 Å². The Labute approximate surface area is 136 Å². The first-order valence-corrected chi connectivity index (χ1v) is 8.20. The molecule has 2 aliphatic rings. The molecule has 1 fully saturated rings. The van der Waals surface area contributed by atoms with Crippen LogP contribution in [0.2, 0.25) is 0 Å². The van der Waals surface area contributed by atoms with E-state index in [9.17, 15) is 9.59 Å². The third kappa shape index (κ3) is 3.32. The van der Waals surface area contributed by atoms with Crippen molar-refractivity contribution >= 4 is 23.2 Å². The zero-order valence-corrected chi connectivity index (χ0v) is 13.8. The van der Waals surface area contributed by atoms with E-state index >= 15 is 0 Å². The van der Waals surface area contributed by atoms with Crippen LogP contribution in [-0.4, -0.2) is 56.5 Å². The maximum Gasteiger partial charge on any atom is 0.253 e. The molecule has 124 valence electrons. The van der Waals surface area contributed by atoms with E-state index in [1.807, 2.05) is 42.1 Å². The van der Waals surface area contributed by atoms with Gasteiger partial charge in [-0.1, -0.05) is 0 Å². The summed E-state index contributed by atoms with van der Waals surface area (Å²) in [6.45, 7) is 2.23. The number of carbonyl (C=O) groups is 2. The monoisotopic (exact) mass is 316 g/mol. The van der Waals surface area contributed by atoms with Crippen LogP contribution in [0, 0.1) is 0 Å². The van der Waals surface area contributed by atoms with Gasteiger partial charge in [-0.25, -0.2) is 0 Å². The number of amides is 2. The fourth-order valence-corrected chi connectivity index (χ4v) is 3.26. The highest BCUT2D eigenvalue weighted by atomic mass is 16.2. The van der Waals surface area contributed by atoms with Gasteiger partial charge in [-0.15, -0.1) is 0 Å². The van der Waals surface area contributed by atoms with E-state index in [0.29, 0.717) is 24.6 Å². The molecule has 0 atom stereocenters. The summed E-state index contributed by atoms with van der Waals surface area (Å²) in [5, 5.41) is 6.18. The van der Waals surface area contributed by atoms with Crippen LogP contribution in [0.4, 0.5) is 11.4 Å². The SMILES string of the molecule is CNC1CCN(C(=O)c2ccc3c(c2)NC(=O)CCN3C)CC1. The number of anilines is 2. The third-order valence-corrected chi connectivity index (χ3v) is 4.79. The minimum Gasteiger partial charge on any atom is -0.372 e. The van der Waals surface area contributed by atoms with Crippen LogP contribution in [0.25, 0.3) is 0 Å². The summed E-state index contributed by atoms with van der Waals surface area (Å²) in [7, 11) is 3.93. The predicted octanol–water partition coefficient (Wildman–Crippen LogP) is 1.29. The molecule has 0 aliphatic carbocycles. The molecule has 2 heterocycles. The van der Waals surface area contributed by atoms with Crippen LogP contribution >= 0.6 is 0 Å². The zero-order chi connectivity index (χ0) is 16.4. The number of hydrogen-bond donors (Lipinski definition) is 2. The number of fused-ring (bicyclic) bond motifs is 1. The van der Waals surface area contributed by atoms with Crippen LogP contribution in [0.1, 0.15) is 29.6 Å². The Morgan fingerprint density at radius 3 is 2.70 bits per heavy atom. The van der Waals surface area contributed by atoms with Crippen molar-refractivity contribution in [1.29, 1.82) is 0 Å². The molecule has 1 saturated heterocycles. The summed E-state index contributed by atoms with van der Waals surface area (Å²) in [4.78, 5) is 28.5. The number of carbonyl (C=O) groups excluding carboxylic acids is 2. The highest BCUT2D eigenvalue weighted by Crippen LogP contribution is 2.29. The topological polar surface area (TPSA) is 64.7 Å². The first kappa shape index (κ1) is 15.8. The highest BCUT2D eigenvalue weighted by Gasteiger charge is 2.24. The van der Waals surface area contributed by atoms with Crippen LogP contribution in [0.15, 0.2) is 18.2 Å². The Hall–Kier alpha value is -2.08. The number of likely N-dealkylation sites (tertiary alicyclic amines) is 1. The predicted molar refractivity (Wildman–Crippen MR) is 90.9 cm³/mol. The first-order valence-electron chi connectivity index (χ1n) is 8.20. The van der Waals surface area contributed by atoms with Gasteiger partial charge in [0.1, 0.15) is 0 Å². The molecule has 0 saturated carbocycles. The lowest BCUT2D eigenvalue weighted by Crippen LogP contribution is -2.43. The maximum absolute atomic E-state index is 12.7. The van der Waals surface area contributed by atoms with Gasteiger partial charge in [0.2, 0.25) is 5.91 Å². The molecular formula is C17H24N4O2. The Morgan fingerprint density at radius 1 is 1.26 bits per heavy atom. The summed E-state index contributed by atoms with van der Waals surface area (Å²) >= 11 is 0. The quantitative estimate of drug-likeness (QED) is 0.863. The average Bonchev–Trinajstić information content (AvgIpc) is 2.72. The fraction of sp³-hybridized carbons (Fsp3) is 0.529.